The number of hydrogen-bond acceptors (Lipinski definition) is 6. The zero-order valence-corrected chi connectivity index (χ0v) is 17.4. The lowest BCUT2D eigenvalue weighted by Gasteiger charge is -2.32. The maximum Gasteiger partial charge on any atom is 0.233 e. The molecular weight excluding hydrogens is 382 g/mol. The van der Waals surface area contributed by atoms with Crippen LogP contribution in [-0.4, -0.2) is 54.9 Å². The monoisotopic (exact) mass is 409 g/mol. The van der Waals surface area contributed by atoms with E-state index in [-0.39, 0.29) is 11.8 Å². The number of hydrogen-bond donors (Lipinski definition) is 2. The van der Waals surface area contributed by atoms with Crippen LogP contribution in [0.25, 0.3) is 10.9 Å². The Hall–Kier alpha value is -3.29. The number of ether oxygens (including phenoxy) is 2. The fraction of sp³-hybridized carbons (Fsp3) is 0.409. The number of fused-ring (bicyclic) bond motifs is 1. The van der Waals surface area contributed by atoms with Gasteiger partial charge in [0.25, 0.3) is 0 Å². The quantitative estimate of drug-likeness (QED) is 0.623. The van der Waals surface area contributed by atoms with Crippen molar-refractivity contribution in [3.8, 4) is 11.6 Å². The van der Waals surface area contributed by atoms with Crippen molar-refractivity contribution in [1.29, 1.82) is 0 Å². The molecule has 2 N–H and O–H groups in total. The molecule has 0 unspecified atom stereocenters. The minimum absolute atomic E-state index is 0.0503. The molecule has 0 spiro atoms. The SMILES string of the molecule is COc1ccc2[nH]cc(CCNC(=O)[C@H]3CCCN(c4ccc(OC)nn4)C3)c2c1. The predicted octanol–water partition coefficient (Wildman–Crippen LogP) is 2.55. The van der Waals surface area contributed by atoms with Gasteiger partial charge in [0.15, 0.2) is 5.82 Å². The van der Waals surface area contributed by atoms with E-state index in [1.165, 1.54) is 5.56 Å². The molecule has 1 aliphatic rings. The summed E-state index contributed by atoms with van der Waals surface area (Å²) in [6, 6.07) is 9.65. The van der Waals surface area contributed by atoms with E-state index in [1.54, 1.807) is 20.3 Å². The number of benzene rings is 1. The summed E-state index contributed by atoms with van der Waals surface area (Å²) in [5, 5.41) is 12.5. The van der Waals surface area contributed by atoms with Crippen molar-refractivity contribution in [3.63, 3.8) is 0 Å². The Morgan fingerprint density at radius 1 is 1.23 bits per heavy atom. The molecule has 0 aliphatic carbocycles. The molecular formula is C22H27N5O3. The van der Waals surface area contributed by atoms with Gasteiger partial charge in [0.2, 0.25) is 11.8 Å². The van der Waals surface area contributed by atoms with Crippen LogP contribution in [0.15, 0.2) is 36.5 Å². The van der Waals surface area contributed by atoms with Crippen molar-refractivity contribution in [2.24, 2.45) is 5.92 Å². The van der Waals surface area contributed by atoms with Gasteiger partial charge in [0.1, 0.15) is 5.75 Å². The van der Waals surface area contributed by atoms with E-state index in [4.69, 9.17) is 9.47 Å². The lowest BCUT2D eigenvalue weighted by Crippen LogP contribution is -2.43. The standard InChI is InChI=1S/C22H27N5O3/c1-29-17-5-6-19-18(12-17)15(13-24-19)9-10-23-22(28)16-4-3-11-27(14-16)20-7-8-21(30-2)26-25-20/h5-8,12-13,16,24H,3-4,9-11,14H2,1-2H3,(H,23,28)/t16-/m0/s1. The summed E-state index contributed by atoms with van der Waals surface area (Å²) < 4.78 is 10.4. The molecule has 2 aromatic heterocycles. The van der Waals surface area contributed by atoms with Gasteiger partial charge in [-0.1, -0.05) is 0 Å². The Morgan fingerprint density at radius 3 is 2.90 bits per heavy atom. The summed E-state index contributed by atoms with van der Waals surface area (Å²) in [6.45, 7) is 2.13. The first-order valence-corrected chi connectivity index (χ1v) is 10.2. The second kappa shape index (κ2) is 9.02. The second-order valence-electron chi connectivity index (χ2n) is 7.49. The van der Waals surface area contributed by atoms with E-state index in [2.05, 4.69) is 25.4 Å². The van der Waals surface area contributed by atoms with E-state index < -0.39 is 0 Å². The maximum atomic E-state index is 12.7. The summed E-state index contributed by atoms with van der Waals surface area (Å²) >= 11 is 0. The second-order valence-corrected chi connectivity index (χ2v) is 7.49. The van der Waals surface area contributed by atoms with Crippen LogP contribution in [0.3, 0.4) is 0 Å². The molecule has 1 amide bonds. The highest BCUT2D eigenvalue weighted by Gasteiger charge is 2.26. The molecule has 0 bridgehead atoms. The molecule has 158 valence electrons. The van der Waals surface area contributed by atoms with E-state index in [0.29, 0.717) is 19.0 Å². The van der Waals surface area contributed by atoms with Crippen LogP contribution in [0.1, 0.15) is 18.4 Å². The Labute approximate surface area is 175 Å². The third-order valence-corrected chi connectivity index (χ3v) is 5.62. The lowest BCUT2D eigenvalue weighted by molar-refractivity contribution is -0.125. The molecule has 30 heavy (non-hydrogen) atoms. The third kappa shape index (κ3) is 4.32. The molecule has 3 heterocycles. The normalized spacial score (nSPS) is 16.5. The minimum Gasteiger partial charge on any atom is -0.497 e. The lowest BCUT2D eigenvalue weighted by atomic mass is 9.97. The van der Waals surface area contributed by atoms with Crippen molar-refractivity contribution in [1.82, 2.24) is 20.5 Å². The molecule has 8 nitrogen and oxygen atoms in total. The fourth-order valence-electron chi connectivity index (χ4n) is 3.95. The molecule has 1 aliphatic heterocycles. The molecule has 0 radical (unpaired) electrons. The number of amides is 1. The number of anilines is 1. The molecule has 0 saturated carbocycles. The average molecular weight is 409 g/mol. The molecule has 1 aromatic carbocycles. The highest BCUT2D eigenvalue weighted by atomic mass is 16.5. The molecule has 3 aromatic rings. The highest BCUT2D eigenvalue weighted by Crippen LogP contribution is 2.24. The summed E-state index contributed by atoms with van der Waals surface area (Å²) in [4.78, 5) is 18.1. The van der Waals surface area contributed by atoms with Gasteiger partial charge in [-0.05, 0) is 49.1 Å². The van der Waals surface area contributed by atoms with E-state index in [9.17, 15) is 4.79 Å². The number of H-pyrrole nitrogens is 1. The number of rotatable bonds is 7. The summed E-state index contributed by atoms with van der Waals surface area (Å²) in [6.07, 6.45) is 4.60. The molecule has 1 saturated heterocycles. The number of carbonyl (C=O) groups is 1. The molecule has 8 heteroatoms. The summed E-state index contributed by atoms with van der Waals surface area (Å²) in [5.74, 6) is 2.14. The van der Waals surface area contributed by atoms with Gasteiger partial charge in [-0.3, -0.25) is 4.79 Å². The maximum absolute atomic E-state index is 12.7. The number of piperidine rings is 1. The van der Waals surface area contributed by atoms with Gasteiger partial charge in [-0.25, -0.2) is 0 Å². The van der Waals surface area contributed by atoms with E-state index in [1.807, 2.05) is 30.5 Å². The van der Waals surface area contributed by atoms with Gasteiger partial charge < -0.3 is 24.7 Å². The Bertz CT molecular complexity index is 1000. The van der Waals surface area contributed by atoms with Gasteiger partial charge >= 0.3 is 0 Å². The Kier molecular flexibility index (Phi) is 6.02. The zero-order chi connectivity index (χ0) is 20.9. The fourth-order valence-corrected chi connectivity index (χ4v) is 3.95. The number of nitrogens with zero attached hydrogens (tertiary/aromatic N) is 3. The van der Waals surface area contributed by atoms with Gasteiger partial charge in [-0.15, -0.1) is 10.2 Å². The van der Waals surface area contributed by atoms with Crippen molar-refractivity contribution in [3.05, 3.63) is 42.1 Å². The minimum atomic E-state index is -0.0503. The number of nitrogens with one attached hydrogen (secondary N) is 2. The molecule has 4 rings (SSSR count). The van der Waals surface area contributed by atoms with Gasteiger partial charge in [0, 0.05) is 42.8 Å². The van der Waals surface area contributed by atoms with Crippen LogP contribution in [0.5, 0.6) is 11.6 Å². The van der Waals surface area contributed by atoms with Crippen molar-refractivity contribution < 1.29 is 14.3 Å². The largest absolute Gasteiger partial charge is 0.497 e. The van der Waals surface area contributed by atoms with Crippen LogP contribution >= 0.6 is 0 Å². The topological polar surface area (TPSA) is 92.4 Å². The Balaban J connectivity index is 1.32. The third-order valence-electron chi connectivity index (χ3n) is 5.62. The summed E-state index contributed by atoms with van der Waals surface area (Å²) in [7, 11) is 3.23. The summed E-state index contributed by atoms with van der Waals surface area (Å²) in [5.41, 5.74) is 2.24. The van der Waals surface area contributed by atoms with E-state index in [0.717, 1.165) is 48.3 Å². The van der Waals surface area contributed by atoms with Crippen LogP contribution in [0.2, 0.25) is 0 Å². The number of aromatic nitrogens is 3. The molecule has 1 atom stereocenters. The van der Waals surface area contributed by atoms with Crippen LogP contribution < -0.4 is 19.7 Å². The number of methoxy groups -OCH3 is 2. The van der Waals surface area contributed by atoms with Crippen molar-refractivity contribution >= 4 is 22.6 Å². The van der Waals surface area contributed by atoms with Gasteiger partial charge in [0.05, 0.1) is 20.1 Å². The first-order chi connectivity index (χ1) is 14.7. The van der Waals surface area contributed by atoms with Gasteiger partial charge in [-0.2, -0.15) is 0 Å². The van der Waals surface area contributed by atoms with Crippen molar-refractivity contribution in [2.75, 3.05) is 38.8 Å². The van der Waals surface area contributed by atoms with Crippen LogP contribution in [0.4, 0.5) is 5.82 Å². The highest BCUT2D eigenvalue weighted by molar-refractivity contribution is 5.85. The number of carbonyl (C=O) groups excluding carboxylic acids is 1. The van der Waals surface area contributed by atoms with Crippen LogP contribution in [0, 0.1) is 5.92 Å². The number of aromatic amines is 1. The van der Waals surface area contributed by atoms with E-state index >= 15 is 0 Å². The predicted molar refractivity (Wildman–Crippen MR) is 115 cm³/mol. The Morgan fingerprint density at radius 2 is 2.13 bits per heavy atom. The zero-order valence-electron chi connectivity index (χ0n) is 17.4. The first kappa shape index (κ1) is 20.0. The smallest absolute Gasteiger partial charge is 0.233 e. The van der Waals surface area contributed by atoms with Crippen LogP contribution in [-0.2, 0) is 11.2 Å². The van der Waals surface area contributed by atoms with Crippen molar-refractivity contribution in [2.45, 2.75) is 19.3 Å². The first-order valence-electron chi connectivity index (χ1n) is 10.2. The average Bonchev–Trinajstić information content (AvgIpc) is 3.21. The molecule has 1 fully saturated rings.